The number of carbonyl (C=O) groups excluding carboxylic acids is 1. The van der Waals surface area contributed by atoms with Crippen LogP contribution in [0.4, 0.5) is 11.6 Å². The van der Waals surface area contributed by atoms with Crippen molar-refractivity contribution >= 4 is 17.5 Å². The molecule has 0 fully saturated rings. The Labute approximate surface area is 149 Å². The number of nitrogens with one attached hydrogen (secondary N) is 2. The van der Waals surface area contributed by atoms with E-state index in [0.29, 0.717) is 11.6 Å². The van der Waals surface area contributed by atoms with Crippen LogP contribution < -0.4 is 10.6 Å². The Morgan fingerprint density at radius 1 is 1.20 bits per heavy atom. The van der Waals surface area contributed by atoms with Crippen LogP contribution in [0.15, 0.2) is 24.3 Å². The van der Waals surface area contributed by atoms with Crippen molar-refractivity contribution in [2.45, 2.75) is 27.2 Å². The second-order valence-electron chi connectivity index (χ2n) is 6.36. The normalized spacial score (nSPS) is 10.8. The van der Waals surface area contributed by atoms with Crippen molar-refractivity contribution in [1.29, 1.82) is 0 Å². The number of likely N-dealkylation sites (N-methyl/N-ethyl adjacent to an activating group) is 1. The van der Waals surface area contributed by atoms with Gasteiger partial charge in [0.25, 0.3) is 5.91 Å². The molecule has 25 heavy (non-hydrogen) atoms. The molecule has 1 aromatic carbocycles. The minimum absolute atomic E-state index is 0.217. The Balaban J connectivity index is 2.18. The number of nitrogens with zero attached hydrogens (tertiary/aromatic N) is 3. The van der Waals surface area contributed by atoms with Gasteiger partial charge in [0.15, 0.2) is 0 Å². The van der Waals surface area contributed by atoms with Gasteiger partial charge in [0.2, 0.25) is 5.95 Å². The molecule has 0 unspecified atom stereocenters. The summed E-state index contributed by atoms with van der Waals surface area (Å²) in [7, 11) is 4.01. The molecular formula is C19H27N5O. The molecule has 0 bridgehead atoms. The SMILES string of the molecule is CCc1cccc(C)c1NC(=O)c1cc(C)nc(NCCN(C)C)n1. The smallest absolute Gasteiger partial charge is 0.274 e. The summed E-state index contributed by atoms with van der Waals surface area (Å²) in [6.45, 7) is 7.51. The molecule has 2 aromatic rings. The Bertz CT molecular complexity index is 743. The van der Waals surface area contributed by atoms with Crippen LogP contribution in [-0.2, 0) is 6.42 Å². The van der Waals surface area contributed by atoms with E-state index in [2.05, 4.69) is 32.4 Å². The number of rotatable bonds is 7. The monoisotopic (exact) mass is 341 g/mol. The predicted molar refractivity (Wildman–Crippen MR) is 102 cm³/mol. The van der Waals surface area contributed by atoms with Crippen molar-refractivity contribution in [3.05, 3.63) is 46.8 Å². The van der Waals surface area contributed by atoms with E-state index >= 15 is 0 Å². The number of hydrogen-bond donors (Lipinski definition) is 2. The summed E-state index contributed by atoms with van der Waals surface area (Å²) in [6, 6.07) is 7.73. The van der Waals surface area contributed by atoms with Gasteiger partial charge in [-0.25, -0.2) is 9.97 Å². The average Bonchev–Trinajstić information content (AvgIpc) is 2.55. The Kier molecular flexibility index (Phi) is 6.47. The third kappa shape index (κ3) is 5.26. The number of aromatic nitrogens is 2. The largest absolute Gasteiger partial charge is 0.353 e. The molecule has 0 atom stereocenters. The quantitative estimate of drug-likeness (QED) is 0.810. The molecule has 0 radical (unpaired) electrons. The van der Waals surface area contributed by atoms with Crippen molar-refractivity contribution < 1.29 is 4.79 Å². The van der Waals surface area contributed by atoms with Crippen molar-refractivity contribution in [3.8, 4) is 0 Å². The van der Waals surface area contributed by atoms with Gasteiger partial charge in [-0.05, 0) is 51.6 Å². The molecule has 1 amide bonds. The molecule has 6 heteroatoms. The van der Waals surface area contributed by atoms with E-state index in [4.69, 9.17) is 0 Å². The van der Waals surface area contributed by atoms with Crippen LogP contribution in [0.25, 0.3) is 0 Å². The number of hydrogen-bond acceptors (Lipinski definition) is 5. The van der Waals surface area contributed by atoms with Gasteiger partial charge in [0, 0.05) is 24.5 Å². The highest BCUT2D eigenvalue weighted by Crippen LogP contribution is 2.21. The van der Waals surface area contributed by atoms with Gasteiger partial charge >= 0.3 is 0 Å². The van der Waals surface area contributed by atoms with E-state index in [-0.39, 0.29) is 5.91 Å². The molecule has 6 nitrogen and oxygen atoms in total. The van der Waals surface area contributed by atoms with Crippen LogP contribution in [0.5, 0.6) is 0 Å². The van der Waals surface area contributed by atoms with E-state index < -0.39 is 0 Å². The van der Waals surface area contributed by atoms with Gasteiger partial charge in [-0.3, -0.25) is 4.79 Å². The van der Waals surface area contributed by atoms with E-state index in [0.717, 1.165) is 42.0 Å². The highest BCUT2D eigenvalue weighted by Gasteiger charge is 2.14. The number of carbonyl (C=O) groups is 1. The van der Waals surface area contributed by atoms with Gasteiger partial charge in [-0.15, -0.1) is 0 Å². The lowest BCUT2D eigenvalue weighted by atomic mass is 10.1. The Morgan fingerprint density at radius 2 is 1.96 bits per heavy atom. The lowest BCUT2D eigenvalue weighted by molar-refractivity contribution is 0.102. The summed E-state index contributed by atoms with van der Waals surface area (Å²) in [4.78, 5) is 23.5. The maximum absolute atomic E-state index is 12.7. The average molecular weight is 341 g/mol. The summed E-state index contributed by atoms with van der Waals surface area (Å²) >= 11 is 0. The first-order chi connectivity index (χ1) is 11.9. The molecule has 2 rings (SSSR count). The minimum Gasteiger partial charge on any atom is -0.353 e. The molecule has 1 aromatic heterocycles. The van der Waals surface area contributed by atoms with Crippen molar-refractivity contribution in [3.63, 3.8) is 0 Å². The summed E-state index contributed by atoms with van der Waals surface area (Å²) in [6.07, 6.45) is 0.859. The standard InChI is InChI=1S/C19H27N5O/c1-6-15-9-7-8-13(2)17(15)23-18(25)16-12-14(3)21-19(22-16)20-10-11-24(4)5/h7-9,12H,6,10-11H2,1-5H3,(H,23,25)(H,20,21,22). The third-order valence-corrected chi connectivity index (χ3v) is 3.91. The van der Waals surface area contributed by atoms with Crippen molar-refractivity contribution in [1.82, 2.24) is 14.9 Å². The second kappa shape index (κ2) is 8.58. The zero-order valence-corrected chi connectivity index (χ0v) is 15.7. The zero-order valence-electron chi connectivity index (χ0n) is 15.7. The summed E-state index contributed by atoms with van der Waals surface area (Å²) in [5, 5.41) is 6.18. The number of amides is 1. The molecule has 2 N–H and O–H groups in total. The number of aryl methyl sites for hydroxylation is 3. The van der Waals surface area contributed by atoms with Gasteiger partial charge in [0.1, 0.15) is 5.69 Å². The lowest BCUT2D eigenvalue weighted by Crippen LogP contribution is -2.22. The topological polar surface area (TPSA) is 70.2 Å². The number of para-hydroxylation sites is 1. The molecular weight excluding hydrogens is 314 g/mol. The first-order valence-corrected chi connectivity index (χ1v) is 8.54. The molecule has 0 saturated heterocycles. The fourth-order valence-electron chi connectivity index (χ4n) is 2.53. The van der Waals surface area contributed by atoms with Gasteiger partial charge in [0.05, 0.1) is 0 Å². The number of anilines is 2. The predicted octanol–water partition coefficient (Wildman–Crippen LogP) is 2.88. The second-order valence-corrected chi connectivity index (χ2v) is 6.36. The van der Waals surface area contributed by atoms with Crippen molar-refractivity contribution in [2.75, 3.05) is 37.8 Å². The van der Waals surface area contributed by atoms with E-state index in [1.165, 1.54) is 0 Å². The molecule has 0 saturated carbocycles. The maximum Gasteiger partial charge on any atom is 0.274 e. The summed E-state index contributed by atoms with van der Waals surface area (Å²) < 4.78 is 0. The van der Waals surface area contributed by atoms with Crippen LogP contribution in [0, 0.1) is 13.8 Å². The van der Waals surface area contributed by atoms with Crippen LogP contribution in [0.3, 0.4) is 0 Å². The molecule has 0 spiro atoms. The van der Waals surface area contributed by atoms with E-state index in [1.54, 1.807) is 6.07 Å². The van der Waals surface area contributed by atoms with E-state index in [1.807, 2.05) is 46.1 Å². The minimum atomic E-state index is -0.217. The van der Waals surface area contributed by atoms with Gasteiger partial charge in [-0.2, -0.15) is 0 Å². The summed E-state index contributed by atoms with van der Waals surface area (Å²) in [5.74, 6) is 0.262. The molecule has 0 aliphatic carbocycles. The Hall–Kier alpha value is -2.47. The third-order valence-electron chi connectivity index (χ3n) is 3.91. The first kappa shape index (κ1) is 18.9. The molecule has 1 heterocycles. The van der Waals surface area contributed by atoms with Gasteiger partial charge in [-0.1, -0.05) is 25.1 Å². The summed E-state index contributed by atoms with van der Waals surface area (Å²) in [5.41, 5.74) is 4.15. The lowest BCUT2D eigenvalue weighted by Gasteiger charge is -2.14. The van der Waals surface area contributed by atoms with E-state index in [9.17, 15) is 4.79 Å². The molecule has 134 valence electrons. The molecule has 0 aliphatic rings. The zero-order chi connectivity index (χ0) is 18.4. The van der Waals surface area contributed by atoms with Crippen LogP contribution in [0.1, 0.15) is 34.2 Å². The highest BCUT2D eigenvalue weighted by molar-refractivity contribution is 6.04. The fourth-order valence-corrected chi connectivity index (χ4v) is 2.53. The van der Waals surface area contributed by atoms with Gasteiger partial charge < -0.3 is 15.5 Å². The number of benzene rings is 1. The Morgan fingerprint density at radius 3 is 2.64 bits per heavy atom. The van der Waals surface area contributed by atoms with Crippen molar-refractivity contribution in [2.24, 2.45) is 0 Å². The fraction of sp³-hybridized carbons (Fsp3) is 0.421. The van der Waals surface area contributed by atoms with Crippen LogP contribution in [-0.4, -0.2) is 48.0 Å². The first-order valence-electron chi connectivity index (χ1n) is 8.54. The highest BCUT2D eigenvalue weighted by atomic mass is 16.1. The van der Waals surface area contributed by atoms with Crippen LogP contribution in [0.2, 0.25) is 0 Å². The molecule has 0 aliphatic heterocycles. The van der Waals surface area contributed by atoms with Crippen LogP contribution >= 0.6 is 0 Å². The maximum atomic E-state index is 12.7.